The van der Waals surface area contributed by atoms with E-state index >= 15 is 0 Å². The van der Waals surface area contributed by atoms with Crippen molar-refractivity contribution in [2.75, 3.05) is 0 Å². The van der Waals surface area contributed by atoms with Gasteiger partial charge >= 0.3 is 0 Å². The summed E-state index contributed by atoms with van der Waals surface area (Å²) >= 11 is 1.90. The van der Waals surface area contributed by atoms with Crippen LogP contribution >= 0.6 is 11.3 Å². The number of para-hydroxylation sites is 2. The fourth-order valence-electron chi connectivity index (χ4n) is 8.19. The number of thiophene rings is 1. The zero-order chi connectivity index (χ0) is 33.5. The maximum absolute atomic E-state index is 2.45. The first-order chi connectivity index (χ1) is 25.3. The molecule has 0 bridgehead atoms. The average Bonchev–Trinajstić information content (AvgIpc) is 3.86. The van der Waals surface area contributed by atoms with Crippen molar-refractivity contribution in [3.8, 4) is 33.6 Å². The lowest BCUT2D eigenvalue weighted by molar-refractivity contribution is 1.18. The van der Waals surface area contributed by atoms with Gasteiger partial charge in [-0.05, 0) is 89.0 Å². The molecule has 0 fully saturated rings. The van der Waals surface area contributed by atoms with Crippen LogP contribution in [0.3, 0.4) is 0 Å². The molecule has 3 heterocycles. The van der Waals surface area contributed by atoms with Gasteiger partial charge in [-0.2, -0.15) is 0 Å². The molecule has 0 unspecified atom stereocenters. The fourth-order valence-corrected chi connectivity index (χ4v) is 9.44. The summed E-state index contributed by atoms with van der Waals surface area (Å²) < 4.78 is 7.50. The smallest absolute Gasteiger partial charge is 0.0555 e. The van der Waals surface area contributed by atoms with Gasteiger partial charge in [-0.1, -0.05) is 115 Å². The van der Waals surface area contributed by atoms with E-state index < -0.39 is 0 Å². The Labute approximate surface area is 298 Å². The van der Waals surface area contributed by atoms with Crippen LogP contribution in [0.25, 0.3) is 97.4 Å². The summed E-state index contributed by atoms with van der Waals surface area (Å²) in [5.41, 5.74) is 12.1. The molecule has 238 valence electrons. The zero-order valence-electron chi connectivity index (χ0n) is 27.6. The predicted octanol–water partition coefficient (Wildman–Crippen LogP) is 13.6. The van der Waals surface area contributed by atoms with Gasteiger partial charge in [-0.25, -0.2) is 0 Å². The SMILES string of the molecule is c1ccc(-c2ccc3c(c2)c2c4sc5ccccc5c4ccc2n3-c2ccc(-c3ccc4c(c3)c3ccccc3n4-c3ccccc3)cc2)cc1. The lowest BCUT2D eigenvalue weighted by atomic mass is 10.0. The van der Waals surface area contributed by atoms with Crippen LogP contribution in [-0.2, 0) is 0 Å². The first-order valence-corrected chi connectivity index (χ1v) is 18.3. The highest BCUT2D eigenvalue weighted by molar-refractivity contribution is 7.26. The van der Waals surface area contributed by atoms with Gasteiger partial charge in [0, 0.05) is 53.1 Å². The normalized spacial score (nSPS) is 11.9. The summed E-state index contributed by atoms with van der Waals surface area (Å²) in [4.78, 5) is 0. The number of hydrogen-bond acceptors (Lipinski definition) is 1. The van der Waals surface area contributed by atoms with Gasteiger partial charge in [0.05, 0.1) is 22.1 Å². The monoisotopic (exact) mass is 666 g/mol. The maximum atomic E-state index is 2.45. The lowest BCUT2D eigenvalue weighted by Gasteiger charge is -2.11. The zero-order valence-corrected chi connectivity index (χ0v) is 28.4. The van der Waals surface area contributed by atoms with Crippen molar-refractivity contribution in [2.45, 2.75) is 0 Å². The van der Waals surface area contributed by atoms with E-state index in [9.17, 15) is 0 Å². The van der Waals surface area contributed by atoms with E-state index in [1.165, 1.54) is 91.7 Å². The van der Waals surface area contributed by atoms with Gasteiger partial charge in [-0.3, -0.25) is 0 Å². The van der Waals surface area contributed by atoms with Gasteiger partial charge in [-0.15, -0.1) is 11.3 Å². The van der Waals surface area contributed by atoms with Crippen molar-refractivity contribution in [2.24, 2.45) is 0 Å². The maximum Gasteiger partial charge on any atom is 0.0555 e. The molecule has 11 aromatic rings. The molecule has 0 spiro atoms. The number of fused-ring (bicyclic) bond motifs is 10. The standard InChI is InChI=1S/C48H30N2S/c1-3-11-31(12-4-1)34-22-27-44-41(30-34)47-45(28-25-39-38-16-8-10-18-46(38)51-48(39)47)50(44)36-23-19-32(20-24-36)33-21-26-43-40(29-33)37-15-7-9-17-42(37)49(43)35-13-5-2-6-14-35/h1-30H. The molecule has 0 atom stereocenters. The van der Waals surface area contributed by atoms with Crippen LogP contribution in [0.5, 0.6) is 0 Å². The largest absolute Gasteiger partial charge is 0.309 e. The Morgan fingerprint density at radius 2 is 0.843 bits per heavy atom. The second kappa shape index (κ2) is 11.0. The Kier molecular flexibility index (Phi) is 6.16. The Bertz CT molecular complexity index is 3110. The van der Waals surface area contributed by atoms with E-state index in [1.807, 2.05) is 11.3 Å². The van der Waals surface area contributed by atoms with Crippen LogP contribution in [0.2, 0.25) is 0 Å². The molecular formula is C48H30N2S. The Morgan fingerprint density at radius 3 is 1.63 bits per heavy atom. The van der Waals surface area contributed by atoms with Gasteiger partial charge in [0.2, 0.25) is 0 Å². The van der Waals surface area contributed by atoms with Gasteiger partial charge < -0.3 is 9.13 Å². The van der Waals surface area contributed by atoms with Crippen molar-refractivity contribution in [3.05, 3.63) is 182 Å². The highest BCUT2D eigenvalue weighted by Crippen LogP contribution is 2.44. The summed E-state index contributed by atoms with van der Waals surface area (Å²) in [7, 11) is 0. The number of rotatable bonds is 4. The molecule has 0 aliphatic heterocycles. The molecule has 0 radical (unpaired) electrons. The first-order valence-electron chi connectivity index (χ1n) is 17.4. The molecule has 11 rings (SSSR count). The summed E-state index contributed by atoms with van der Waals surface area (Å²) in [6, 6.07) is 66.5. The molecule has 0 saturated heterocycles. The molecule has 3 heteroatoms. The molecule has 0 aliphatic rings. The second-order valence-electron chi connectivity index (χ2n) is 13.3. The van der Waals surface area contributed by atoms with Gasteiger partial charge in [0.25, 0.3) is 0 Å². The van der Waals surface area contributed by atoms with E-state index in [0.29, 0.717) is 0 Å². The minimum atomic E-state index is 1.16. The quantitative estimate of drug-likeness (QED) is 0.177. The van der Waals surface area contributed by atoms with Crippen LogP contribution < -0.4 is 0 Å². The Morgan fingerprint density at radius 1 is 0.314 bits per heavy atom. The van der Waals surface area contributed by atoms with Crippen LogP contribution in [-0.4, -0.2) is 9.13 Å². The first kappa shape index (κ1) is 28.4. The Hall–Kier alpha value is -6.42. The van der Waals surface area contributed by atoms with Crippen molar-refractivity contribution in [1.82, 2.24) is 9.13 Å². The van der Waals surface area contributed by atoms with Crippen molar-refractivity contribution in [1.29, 1.82) is 0 Å². The third kappa shape index (κ3) is 4.29. The fraction of sp³-hybridized carbons (Fsp3) is 0. The number of hydrogen-bond donors (Lipinski definition) is 0. The minimum Gasteiger partial charge on any atom is -0.309 e. The summed E-state index contributed by atoms with van der Waals surface area (Å²) in [5.74, 6) is 0. The van der Waals surface area contributed by atoms with E-state index in [-0.39, 0.29) is 0 Å². The Balaban J connectivity index is 1.09. The van der Waals surface area contributed by atoms with Crippen molar-refractivity contribution < 1.29 is 0 Å². The van der Waals surface area contributed by atoms with Gasteiger partial charge in [0.15, 0.2) is 0 Å². The molecule has 0 saturated carbocycles. The van der Waals surface area contributed by atoms with Crippen LogP contribution in [0.4, 0.5) is 0 Å². The number of aromatic nitrogens is 2. The predicted molar refractivity (Wildman–Crippen MR) is 219 cm³/mol. The highest BCUT2D eigenvalue weighted by Gasteiger charge is 2.19. The molecule has 0 aliphatic carbocycles. The minimum absolute atomic E-state index is 1.16. The van der Waals surface area contributed by atoms with Crippen LogP contribution in [0, 0.1) is 0 Å². The molecular weight excluding hydrogens is 637 g/mol. The summed E-state index contributed by atoms with van der Waals surface area (Å²) in [6.07, 6.45) is 0. The molecule has 0 N–H and O–H groups in total. The summed E-state index contributed by atoms with van der Waals surface area (Å²) in [5, 5.41) is 7.79. The topological polar surface area (TPSA) is 9.86 Å². The van der Waals surface area contributed by atoms with Crippen LogP contribution in [0.1, 0.15) is 0 Å². The van der Waals surface area contributed by atoms with E-state index in [4.69, 9.17) is 0 Å². The van der Waals surface area contributed by atoms with Crippen molar-refractivity contribution >= 4 is 75.1 Å². The number of nitrogens with zero attached hydrogens (tertiary/aromatic N) is 2. The molecule has 0 amide bonds. The van der Waals surface area contributed by atoms with E-state index in [1.54, 1.807) is 0 Å². The second-order valence-corrected chi connectivity index (χ2v) is 14.4. The van der Waals surface area contributed by atoms with Crippen LogP contribution in [0.15, 0.2) is 182 Å². The third-order valence-corrected chi connectivity index (χ3v) is 11.7. The molecule has 51 heavy (non-hydrogen) atoms. The van der Waals surface area contributed by atoms with Gasteiger partial charge in [0.1, 0.15) is 0 Å². The number of benzene rings is 8. The molecule has 8 aromatic carbocycles. The lowest BCUT2D eigenvalue weighted by Crippen LogP contribution is -1.94. The third-order valence-electron chi connectivity index (χ3n) is 10.5. The summed E-state index contributed by atoms with van der Waals surface area (Å²) in [6.45, 7) is 0. The van der Waals surface area contributed by atoms with Crippen molar-refractivity contribution in [3.63, 3.8) is 0 Å². The highest BCUT2D eigenvalue weighted by atomic mass is 32.1. The van der Waals surface area contributed by atoms with E-state index in [0.717, 1.165) is 5.69 Å². The molecule has 2 nitrogen and oxygen atoms in total. The van der Waals surface area contributed by atoms with E-state index in [2.05, 4.69) is 191 Å². The average molecular weight is 667 g/mol. The molecule has 3 aromatic heterocycles.